The molecule has 4 aromatic rings. The molecular formula is C22H13Cl2NO3. The van der Waals surface area contributed by atoms with Crippen molar-refractivity contribution in [2.75, 3.05) is 5.32 Å². The molecule has 1 heterocycles. The molecule has 4 nitrogen and oxygen atoms in total. The van der Waals surface area contributed by atoms with Gasteiger partial charge in [-0.25, -0.2) is 0 Å². The highest BCUT2D eigenvalue weighted by molar-refractivity contribution is 6.31. The highest BCUT2D eigenvalue weighted by Crippen LogP contribution is 2.32. The van der Waals surface area contributed by atoms with E-state index in [1.165, 1.54) is 0 Å². The number of anilines is 1. The van der Waals surface area contributed by atoms with Crippen LogP contribution in [0.3, 0.4) is 0 Å². The van der Waals surface area contributed by atoms with Crippen molar-refractivity contribution >= 4 is 51.7 Å². The summed E-state index contributed by atoms with van der Waals surface area (Å²) in [5.41, 5.74) is 1.64. The molecule has 0 aliphatic carbocycles. The van der Waals surface area contributed by atoms with Gasteiger partial charge in [-0.3, -0.25) is 14.9 Å². The van der Waals surface area contributed by atoms with Gasteiger partial charge in [0.1, 0.15) is 5.58 Å². The molecule has 6 heteroatoms. The fourth-order valence-electron chi connectivity index (χ4n) is 2.88. The molecule has 1 amide bonds. The molecule has 3 aromatic carbocycles. The van der Waals surface area contributed by atoms with Crippen LogP contribution in [0.2, 0.25) is 10.0 Å². The number of fused-ring (bicyclic) bond motifs is 1. The molecule has 0 aliphatic heterocycles. The van der Waals surface area contributed by atoms with Gasteiger partial charge in [0.05, 0.1) is 5.56 Å². The lowest BCUT2D eigenvalue weighted by Gasteiger charge is -2.06. The second-order valence-corrected chi connectivity index (χ2v) is 6.97. The molecule has 0 atom stereocenters. The zero-order valence-corrected chi connectivity index (χ0v) is 15.9. The lowest BCUT2D eigenvalue weighted by molar-refractivity contribution is 0.102. The normalized spacial score (nSPS) is 10.8. The van der Waals surface area contributed by atoms with Crippen molar-refractivity contribution in [2.45, 2.75) is 0 Å². The summed E-state index contributed by atoms with van der Waals surface area (Å²) in [6, 6.07) is 20.1. The van der Waals surface area contributed by atoms with Crippen molar-refractivity contribution < 1.29 is 14.0 Å². The average Bonchev–Trinajstić information content (AvgIpc) is 3.06. The van der Waals surface area contributed by atoms with Crippen LogP contribution >= 0.6 is 23.2 Å². The van der Waals surface area contributed by atoms with Crippen molar-refractivity contribution in [3.8, 4) is 0 Å². The molecule has 0 saturated heterocycles. The molecular weight excluding hydrogens is 397 g/mol. The summed E-state index contributed by atoms with van der Waals surface area (Å²) < 4.78 is 5.78. The fourth-order valence-corrected chi connectivity index (χ4v) is 3.13. The van der Waals surface area contributed by atoms with Crippen LogP contribution in [-0.2, 0) is 0 Å². The van der Waals surface area contributed by atoms with Crippen LogP contribution in [0.4, 0.5) is 5.88 Å². The van der Waals surface area contributed by atoms with Crippen LogP contribution in [0.5, 0.6) is 0 Å². The standard InChI is InChI=1S/C22H13Cl2NO3/c23-15-9-5-13(6-10-15)20(26)19-17-3-1-2-4-18(17)28-22(19)25-21(27)14-7-11-16(24)12-8-14/h1-12H,(H,25,27). The van der Waals surface area contributed by atoms with Gasteiger partial charge in [0, 0.05) is 26.6 Å². The smallest absolute Gasteiger partial charge is 0.257 e. The van der Waals surface area contributed by atoms with E-state index in [0.29, 0.717) is 37.7 Å². The van der Waals surface area contributed by atoms with E-state index in [0.717, 1.165) is 0 Å². The second-order valence-electron chi connectivity index (χ2n) is 6.10. The van der Waals surface area contributed by atoms with Crippen molar-refractivity contribution in [3.05, 3.63) is 99.5 Å². The molecule has 0 fully saturated rings. The predicted molar refractivity (Wildman–Crippen MR) is 111 cm³/mol. The van der Waals surface area contributed by atoms with Crippen LogP contribution in [-0.4, -0.2) is 11.7 Å². The lowest BCUT2D eigenvalue weighted by atomic mass is 10.0. The summed E-state index contributed by atoms with van der Waals surface area (Å²) >= 11 is 11.8. The van der Waals surface area contributed by atoms with Crippen LogP contribution < -0.4 is 5.32 Å². The minimum atomic E-state index is -0.402. The van der Waals surface area contributed by atoms with E-state index in [9.17, 15) is 9.59 Å². The molecule has 4 rings (SSSR count). The van der Waals surface area contributed by atoms with E-state index < -0.39 is 5.91 Å². The molecule has 0 bridgehead atoms. The van der Waals surface area contributed by atoms with E-state index in [-0.39, 0.29) is 11.7 Å². The van der Waals surface area contributed by atoms with Gasteiger partial charge in [-0.2, -0.15) is 0 Å². The highest BCUT2D eigenvalue weighted by atomic mass is 35.5. The largest absolute Gasteiger partial charge is 0.439 e. The number of carbonyl (C=O) groups excluding carboxylic acids is 2. The molecule has 0 spiro atoms. The number of nitrogens with one attached hydrogen (secondary N) is 1. The summed E-state index contributed by atoms with van der Waals surface area (Å²) in [5.74, 6) is -0.574. The van der Waals surface area contributed by atoms with E-state index >= 15 is 0 Å². The Hall–Kier alpha value is -3.08. The van der Waals surface area contributed by atoms with Crippen LogP contribution in [0.25, 0.3) is 11.0 Å². The highest BCUT2D eigenvalue weighted by Gasteiger charge is 2.23. The first-order chi connectivity index (χ1) is 13.5. The zero-order valence-electron chi connectivity index (χ0n) is 14.4. The van der Waals surface area contributed by atoms with Crippen molar-refractivity contribution in [3.63, 3.8) is 0 Å². The van der Waals surface area contributed by atoms with E-state index in [1.807, 2.05) is 0 Å². The van der Waals surface area contributed by atoms with Gasteiger partial charge < -0.3 is 4.42 Å². The molecule has 138 valence electrons. The number of ketones is 1. The quantitative estimate of drug-likeness (QED) is 0.406. The number of furan rings is 1. The maximum Gasteiger partial charge on any atom is 0.257 e. The summed E-state index contributed by atoms with van der Waals surface area (Å²) in [6.07, 6.45) is 0. The molecule has 0 saturated carbocycles. The lowest BCUT2D eigenvalue weighted by Crippen LogP contribution is -2.14. The van der Waals surface area contributed by atoms with E-state index in [2.05, 4.69) is 5.32 Å². The number of benzene rings is 3. The van der Waals surface area contributed by atoms with Crippen molar-refractivity contribution in [2.24, 2.45) is 0 Å². The Bertz CT molecular complexity index is 1180. The van der Waals surface area contributed by atoms with Gasteiger partial charge in [-0.05, 0) is 54.6 Å². The minimum Gasteiger partial charge on any atom is -0.439 e. The second kappa shape index (κ2) is 7.50. The summed E-state index contributed by atoms with van der Waals surface area (Å²) in [4.78, 5) is 25.8. The first-order valence-electron chi connectivity index (χ1n) is 8.41. The number of hydrogen-bond acceptors (Lipinski definition) is 3. The topological polar surface area (TPSA) is 59.3 Å². The monoisotopic (exact) mass is 409 g/mol. The Kier molecular flexibility index (Phi) is 4.90. The van der Waals surface area contributed by atoms with Crippen LogP contribution in [0.15, 0.2) is 77.2 Å². The maximum absolute atomic E-state index is 13.1. The molecule has 0 unspecified atom stereocenters. The van der Waals surface area contributed by atoms with Crippen LogP contribution in [0, 0.1) is 0 Å². The fraction of sp³-hybridized carbons (Fsp3) is 0. The third-order valence-electron chi connectivity index (χ3n) is 4.26. The number of para-hydroxylation sites is 1. The summed E-state index contributed by atoms with van der Waals surface area (Å²) in [6.45, 7) is 0. The first kappa shape index (κ1) is 18.3. The Labute approximate surface area is 170 Å². The van der Waals surface area contributed by atoms with Gasteiger partial charge in [0.15, 0.2) is 5.78 Å². The number of carbonyl (C=O) groups is 2. The predicted octanol–water partition coefficient (Wildman–Crippen LogP) is 6.22. The van der Waals surface area contributed by atoms with Crippen molar-refractivity contribution in [1.82, 2.24) is 0 Å². The van der Waals surface area contributed by atoms with Crippen LogP contribution in [0.1, 0.15) is 26.3 Å². The number of rotatable bonds is 4. The Morgan fingerprint density at radius 1 is 0.750 bits per heavy atom. The van der Waals surface area contributed by atoms with Gasteiger partial charge in [0.25, 0.3) is 5.91 Å². The molecule has 0 radical (unpaired) electrons. The third kappa shape index (κ3) is 3.52. The summed E-state index contributed by atoms with van der Waals surface area (Å²) in [7, 11) is 0. The number of amides is 1. The van der Waals surface area contributed by atoms with E-state index in [1.54, 1.807) is 72.8 Å². The van der Waals surface area contributed by atoms with Gasteiger partial charge in [-0.15, -0.1) is 0 Å². The Balaban J connectivity index is 1.76. The average molecular weight is 410 g/mol. The van der Waals surface area contributed by atoms with Gasteiger partial charge in [-0.1, -0.05) is 41.4 Å². The third-order valence-corrected chi connectivity index (χ3v) is 4.77. The minimum absolute atomic E-state index is 0.0982. The molecule has 1 N–H and O–H groups in total. The SMILES string of the molecule is O=C(Nc1oc2ccccc2c1C(=O)c1ccc(Cl)cc1)c1ccc(Cl)cc1. The van der Waals surface area contributed by atoms with Crippen molar-refractivity contribution in [1.29, 1.82) is 0 Å². The number of hydrogen-bond donors (Lipinski definition) is 1. The molecule has 28 heavy (non-hydrogen) atoms. The van der Waals surface area contributed by atoms with Gasteiger partial charge >= 0.3 is 0 Å². The zero-order chi connectivity index (χ0) is 19.7. The molecule has 1 aromatic heterocycles. The Morgan fingerprint density at radius 2 is 1.32 bits per heavy atom. The van der Waals surface area contributed by atoms with Gasteiger partial charge in [0.2, 0.25) is 5.88 Å². The van der Waals surface area contributed by atoms with E-state index in [4.69, 9.17) is 27.6 Å². The molecule has 0 aliphatic rings. The summed E-state index contributed by atoms with van der Waals surface area (Å²) in [5, 5.41) is 4.38. The first-order valence-corrected chi connectivity index (χ1v) is 9.17. The maximum atomic E-state index is 13.1. The Morgan fingerprint density at radius 3 is 1.96 bits per heavy atom. The number of halogens is 2.